The van der Waals surface area contributed by atoms with Crippen molar-refractivity contribution in [2.45, 2.75) is 13.3 Å². The first-order valence-corrected chi connectivity index (χ1v) is 8.75. The lowest BCUT2D eigenvalue weighted by molar-refractivity contribution is 0.0922. The molecule has 0 bridgehead atoms. The van der Waals surface area contributed by atoms with Crippen molar-refractivity contribution in [3.05, 3.63) is 35.6 Å². The third-order valence-electron chi connectivity index (χ3n) is 3.93. The summed E-state index contributed by atoms with van der Waals surface area (Å²) in [5.41, 5.74) is 1.49. The highest BCUT2D eigenvalue weighted by Gasteiger charge is 2.28. The van der Waals surface area contributed by atoms with E-state index in [2.05, 4.69) is 5.32 Å². The molecule has 2 heterocycles. The summed E-state index contributed by atoms with van der Waals surface area (Å²) in [5.74, 6) is 0.400. The average Bonchev–Trinajstić information content (AvgIpc) is 2.97. The van der Waals surface area contributed by atoms with Gasteiger partial charge in [-0.25, -0.2) is 8.42 Å². The molecule has 1 aromatic carbocycles. The molecule has 1 saturated heterocycles. The number of aryl methyl sites for hydroxylation is 1. The van der Waals surface area contributed by atoms with Crippen molar-refractivity contribution in [3.8, 4) is 0 Å². The molecule has 1 aliphatic heterocycles. The lowest BCUT2D eigenvalue weighted by atomic mass is 10.1. The highest BCUT2D eigenvalue weighted by Crippen LogP contribution is 2.25. The van der Waals surface area contributed by atoms with Crippen LogP contribution in [0, 0.1) is 12.8 Å². The number of hydrogen-bond donors (Lipinski definition) is 1. The van der Waals surface area contributed by atoms with Gasteiger partial charge in [0, 0.05) is 17.5 Å². The first-order chi connectivity index (χ1) is 9.96. The molecule has 1 atom stereocenters. The fourth-order valence-electron chi connectivity index (χ4n) is 2.74. The maximum Gasteiger partial charge on any atom is 0.287 e. The van der Waals surface area contributed by atoms with Gasteiger partial charge in [0.15, 0.2) is 15.6 Å². The number of fused-ring (bicyclic) bond motifs is 1. The summed E-state index contributed by atoms with van der Waals surface area (Å²) in [5, 5.41) is 3.71. The van der Waals surface area contributed by atoms with Crippen LogP contribution in [0.15, 0.2) is 28.7 Å². The number of carbonyl (C=O) groups is 1. The second-order valence-electron chi connectivity index (χ2n) is 5.53. The number of rotatable bonds is 3. The summed E-state index contributed by atoms with van der Waals surface area (Å²) in [6, 6.07) is 7.49. The van der Waals surface area contributed by atoms with E-state index < -0.39 is 9.84 Å². The number of para-hydroxylation sites is 1. The van der Waals surface area contributed by atoms with Gasteiger partial charge in [0.05, 0.1) is 11.5 Å². The summed E-state index contributed by atoms with van der Waals surface area (Å²) >= 11 is 0. The number of amides is 1. The highest BCUT2D eigenvalue weighted by atomic mass is 32.2. The molecular formula is C15H17NO4S. The van der Waals surface area contributed by atoms with Gasteiger partial charge in [-0.2, -0.15) is 0 Å². The van der Waals surface area contributed by atoms with Crippen molar-refractivity contribution in [2.75, 3.05) is 18.1 Å². The molecule has 1 aromatic heterocycles. The van der Waals surface area contributed by atoms with Gasteiger partial charge in [-0.05, 0) is 25.3 Å². The Kier molecular flexibility index (Phi) is 3.49. The molecule has 3 rings (SSSR count). The van der Waals surface area contributed by atoms with Crippen LogP contribution in [-0.2, 0) is 9.84 Å². The quantitative estimate of drug-likeness (QED) is 0.939. The standard InChI is InChI=1S/C15H17NO4S/c1-10-12-4-2-3-5-13(12)20-14(10)15(17)16-8-11-6-7-21(18,19)9-11/h2-5,11H,6-9H2,1H3,(H,16,17). The smallest absolute Gasteiger partial charge is 0.287 e. The zero-order valence-corrected chi connectivity index (χ0v) is 12.6. The van der Waals surface area contributed by atoms with Gasteiger partial charge in [0.1, 0.15) is 5.58 Å². The van der Waals surface area contributed by atoms with Crippen LogP contribution in [0.3, 0.4) is 0 Å². The number of hydrogen-bond acceptors (Lipinski definition) is 4. The Morgan fingerprint density at radius 2 is 2.14 bits per heavy atom. The fourth-order valence-corrected chi connectivity index (χ4v) is 4.60. The zero-order valence-electron chi connectivity index (χ0n) is 11.8. The summed E-state index contributed by atoms with van der Waals surface area (Å²) in [6.45, 7) is 2.22. The molecule has 6 heteroatoms. The Bertz CT molecular complexity index is 791. The Morgan fingerprint density at radius 3 is 2.81 bits per heavy atom. The fraction of sp³-hybridized carbons (Fsp3) is 0.400. The van der Waals surface area contributed by atoms with Crippen LogP contribution < -0.4 is 5.32 Å². The molecule has 2 aromatic rings. The molecule has 0 aliphatic carbocycles. The van der Waals surface area contributed by atoms with E-state index >= 15 is 0 Å². The molecule has 112 valence electrons. The van der Waals surface area contributed by atoms with Crippen LogP contribution in [0.2, 0.25) is 0 Å². The predicted octanol–water partition coefficient (Wildman–Crippen LogP) is 1.91. The molecule has 5 nitrogen and oxygen atoms in total. The van der Waals surface area contributed by atoms with Gasteiger partial charge in [0.25, 0.3) is 5.91 Å². The van der Waals surface area contributed by atoms with Crippen molar-refractivity contribution in [1.82, 2.24) is 5.32 Å². The normalized spacial score (nSPS) is 20.7. The summed E-state index contributed by atoms with van der Waals surface area (Å²) < 4.78 is 28.4. The lowest BCUT2D eigenvalue weighted by Crippen LogP contribution is -2.29. The molecular weight excluding hydrogens is 290 g/mol. The first kappa shape index (κ1) is 14.1. The monoisotopic (exact) mass is 307 g/mol. The molecule has 1 fully saturated rings. The third-order valence-corrected chi connectivity index (χ3v) is 5.76. The second kappa shape index (κ2) is 5.18. The Balaban J connectivity index is 1.71. The molecule has 1 aliphatic rings. The Labute approximate surface area is 123 Å². The Morgan fingerprint density at radius 1 is 1.38 bits per heavy atom. The predicted molar refractivity (Wildman–Crippen MR) is 80.0 cm³/mol. The van der Waals surface area contributed by atoms with Gasteiger partial charge in [-0.3, -0.25) is 4.79 Å². The van der Waals surface area contributed by atoms with Gasteiger partial charge >= 0.3 is 0 Å². The maximum absolute atomic E-state index is 12.2. The topological polar surface area (TPSA) is 76.4 Å². The molecule has 0 radical (unpaired) electrons. The molecule has 21 heavy (non-hydrogen) atoms. The molecule has 0 saturated carbocycles. The van der Waals surface area contributed by atoms with E-state index in [9.17, 15) is 13.2 Å². The van der Waals surface area contributed by atoms with E-state index in [1.807, 2.05) is 31.2 Å². The van der Waals surface area contributed by atoms with Crippen LogP contribution >= 0.6 is 0 Å². The van der Waals surface area contributed by atoms with Gasteiger partial charge < -0.3 is 9.73 Å². The minimum Gasteiger partial charge on any atom is -0.451 e. The van der Waals surface area contributed by atoms with Crippen molar-refractivity contribution in [2.24, 2.45) is 5.92 Å². The zero-order chi connectivity index (χ0) is 15.0. The molecule has 1 N–H and O–H groups in total. The van der Waals surface area contributed by atoms with Crippen molar-refractivity contribution in [3.63, 3.8) is 0 Å². The maximum atomic E-state index is 12.2. The lowest BCUT2D eigenvalue weighted by Gasteiger charge is -2.08. The van der Waals surface area contributed by atoms with Crippen molar-refractivity contribution in [1.29, 1.82) is 0 Å². The van der Waals surface area contributed by atoms with Crippen LogP contribution in [0.1, 0.15) is 22.5 Å². The van der Waals surface area contributed by atoms with Crippen LogP contribution in [0.5, 0.6) is 0 Å². The van der Waals surface area contributed by atoms with Gasteiger partial charge in [0.2, 0.25) is 0 Å². The van der Waals surface area contributed by atoms with Crippen LogP contribution in [0.4, 0.5) is 0 Å². The highest BCUT2D eigenvalue weighted by molar-refractivity contribution is 7.91. The van der Waals surface area contributed by atoms with E-state index in [1.165, 1.54) is 0 Å². The van der Waals surface area contributed by atoms with Crippen LogP contribution in [-0.4, -0.2) is 32.4 Å². The SMILES string of the molecule is Cc1c(C(=O)NCC2CCS(=O)(=O)C2)oc2ccccc12. The molecule has 1 amide bonds. The number of sulfone groups is 1. The van der Waals surface area contributed by atoms with E-state index in [1.54, 1.807) is 0 Å². The van der Waals surface area contributed by atoms with Gasteiger partial charge in [-0.1, -0.05) is 18.2 Å². The minimum atomic E-state index is -2.91. The van der Waals surface area contributed by atoms with E-state index in [-0.39, 0.29) is 23.3 Å². The molecule has 1 unspecified atom stereocenters. The van der Waals surface area contributed by atoms with E-state index in [0.717, 1.165) is 10.9 Å². The van der Waals surface area contributed by atoms with Crippen molar-refractivity contribution >= 4 is 26.7 Å². The van der Waals surface area contributed by atoms with Crippen molar-refractivity contribution < 1.29 is 17.6 Å². The second-order valence-corrected chi connectivity index (χ2v) is 7.76. The first-order valence-electron chi connectivity index (χ1n) is 6.93. The summed E-state index contributed by atoms with van der Waals surface area (Å²) in [4.78, 5) is 12.2. The summed E-state index contributed by atoms with van der Waals surface area (Å²) in [7, 11) is -2.91. The van der Waals surface area contributed by atoms with Gasteiger partial charge in [-0.15, -0.1) is 0 Å². The average molecular weight is 307 g/mol. The number of benzene rings is 1. The largest absolute Gasteiger partial charge is 0.451 e. The summed E-state index contributed by atoms with van der Waals surface area (Å²) in [6.07, 6.45) is 0.613. The van der Waals surface area contributed by atoms with E-state index in [4.69, 9.17) is 4.42 Å². The number of carbonyl (C=O) groups excluding carboxylic acids is 1. The Hall–Kier alpha value is -1.82. The molecule has 0 spiro atoms. The number of furan rings is 1. The third kappa shape index (κ3) is 2.81. The van der Waals surface area contributed by atoms with E-state index in [0.29, 0.717) is 24.3 Å². The van der Waals surface area contributed by atoms with Crippen LogP contribution in [0.25, 0.3) is 11.0 Å². The minimum absolute atomic E-state index is 0.00337. The number of nitrogens with one attached hydrogen (secondary N) is 1.